The molecule has 1 aromatic rings. The number of hydrogen-bond donors (Lipinski definition) is 2. The van der Waals surface area contributed by atoms with Gasteiger partial charge in [-0.25, -0.2) is 0 Å². The van der Waals surface area contributed by atoms with E-state index >= 15 is 0 Å². The number of aryl methyl sites for hydroxylation is 1. The molecule has 2 N–H and O–H groups in total. The normalized spacial score (nSPS) is 11.8. The molecular formula is C14H21N3O3. The summed E-state index contributed by atoms with van der Waals surface area (Å²) in [7, 11) is 0. The molecule has 0 fully saturated rings. The lowest BCUT2D eigenvalue weighted by Gasteiger charge is -2.12. The Morgan fingerprint density at radius 1 is 1.45 bits per heavy atom. The molecule has 0 heterocycles. The number of carbonyl (C=O) groups is 1. The number of nitrogens with one attached hydrogen (secondary N) is 2. The van der Waals surface area contributed by atoms with Crippen LogP contribution >= 0.6 is 0 Å². The largest absolute Gasteiger partial charge is 0.384 e. The van der Waals surface area contributed by atoms with E-state index in [1.54, 1.807) is 13.0 Å². The molecule has 6 nitrogen and oxygen atoms in total. The molecule has 0 radical (unpaired) electrons. The summed E-state index contributed by atoms with van der Waals surface area (Å²) in [6.45, 7) is 6.28. The molecule has 1 aromatic carbocycles. The molecule has 6 heteroatoms. The molecule has 1 rings (SSSR count). The molecule has 0 spiro atoms. The molecule has 0 aliphatic carbocycles. The molecule has 0 saturated heterocycles. The Morgan fingerprint density at radius 2 is 2.15 bits per heavy atom. The first kappa shape index (κ1) is 15.9. The summed E-state index contributed by atoms with van der Waals surface area (Å²) >= 11 is 0. The van der Waals surface area contributed by atoms with Crippen LogP contribution < -0.4 is 10.6 Å². The first-order valence-electron chi connectivity index (χ1n) is 6.72. The van der Waals surface area contributed by atoms with Crippen LogP contribution in [-0.4, -0.2) is 23.4 Å². The van der Waals surface area contributed by atoms with Gasteiger partial charge in [0.05, 0.1) is 4.92 Å². The van der Waals surface area contributed by atoms with Crippen LogP contribution in [0.25, 0.3) is 0 Å². The summed E-state index contributed by atoms with van der Waals surface area (Å²) in [4.78, 5) is 21.8. The number of anilines is 1. The van der Waals surface area contributed by atoms with Crippen molar-refractivity contribution in [3.05, 3.63) is 33.9 Å². The molecule has 0 aliphatic rings. The third-order valence-electron chi connectivity index (χ3n) is 3.11. The number of carbonyl (C=O) groups excluding carboxylic acids is 1. The standard InChI is InChI=1S/C14H21N3O3/c1-4-11(3)16-14(18)7-8-15-13-6-5-12(17(19)20)9-10(13)2/h5-6,9,11,15H,4,7-8H2,1-3H3,(H,16,18). The first-order valence-corrected chi connectivity index (χ1v) is 6.72. The van der Waals surface area contributed by atoms with Crippen molar-refractivity contribution in [2.75, 3.05) is 11.9 Å². The average molecular weight is 279 g/mol. The van der Waals surface area contributed by atoms with E-state index in [2.05, 4.69) is 10.6 Å². The summed E-state index contributed by atoms with van der Waals surface area (Å²) in [5.41, 5.74) is 1.68. The van der Waals surface area contributed by atoms with Gasteiger partial charge < -0.3 is 10.6 Å². The van der Waals surface area contributed by atoms with Crippen LogP contribution in [0.15, 0.2) is 18.2 Å². The number of non-ortho nitro benzene ring substituents is 1. The van der Waals surface area contributed by atoms with Gasteiger partial charge in [-0.3, -0.25) is 14.9 Å². The Balaban J connectivity index is 2.46. The lowest BCUT2D eigenvalue weighted by Crippen LogP contribution is -2.32. The minimum absolute atomic E-state index is 0.00594. The van der Waals surface area contributed by atoms with Crippen molar-refractivity contribution in [2.45, 2.75) is 39.7 Å². The van der Waals surface area contributed by atoms with Crippen LogP contribution in [0.3, 0.4) is 0 Å². The van der Waals surface area contributed by atoms with Crippen LogP contribution in [0, 0.1) is 17.0 Å². The summed E-state index contributed by atoms with van der Waals surface area (Å²) in [6.07, 6.45) is 1.28. The quantitative estimate of drug-likeness (QED) is 0.593. The van der Waals surface area contributed by atoms with Gasteiger partial charge >= 0.3 is 0 Å². The fraction of sp³-hybridized carbons (Fsp3) is 0.500. The lowest BCUT2D eigenvalue weighted by atomic mass is 10.1. The molecule has 1 atom stereocenters. The van der Waals surface area contributed by atoms with E-state index < -0.39 is 4.92 Å². The van der Waals surface area contributed by atoms with E-state index in [0.717, 1.165) is 17.7 Å². The Bertz CT molecular complexity index is 489. The molecule has 0 saturated carbocycles. The van der Waals surface area contributed by atoms with Crippen molar-refractivity contribution >= 4 is 17.3 Å². The summed E-state index contributed by atoms with van der Waals surface area (Å²) in [5, 5.41) is 16.6. The third-order valence-corrected chi connectivity index (χ3v) is 3.11. The third kappa shape index (κ3) is 4.87. The summed E-state index contributed by atoms with van der Waals surface area (Å²) in [6, 6.07) is 4.82. The maximum atomic E-state index is 11.6. The summed E-state index contributed by atoms with van der Waals surface area (Å²) < 4.78 is 0. The topological polar surface area (TPSA) is 84.3 Å². The molecule has 0 bridgehead atoms. The van der Waals surface area contributed by atoms with Crippen molar-refractivity contribution in [1.29, 1.82) is 0 Å². The minimum Gasteiger partial charge on any atom is -0.384 e. The molecule has 20 heavy (non-hydrogen) atoms. The number of amides is 1. The first-order chi connectivity index (χ1) is 9.43. The second-order valence-electron chi connectivity index (χ2n) is 4.81. The molecular weight excluding hydrogens is 258 g/mol. The maximum absolute atomic E-state index is 11.6. The van der Waals surface area contributed by atoms with Crippen molar-refractivity contribution < 1.29 is 9.72 Å². The maximum Gasteiger partial charge on any atom is 0.269 e. The Kier molecular flexibility index (Phi) is 5.96. The highest BCUT2D eigenvalue weighted by molar-refractivity contribution is 5.76. The number of nitro benzene ring substituents is 1. The fourth-order valence-corrected chi connectivity index (χ4v) is 1.72. The van der Waals surface area contributed by atoms with Crippen LogP contribution in [0.4, 0.5) is 11.4 Å². The monoisotopic (exact) mass is 279 g/mol. The molecule has 110 valence electrons. The van der Waals surface area contributed by atoms with Gasteiger partial charge in [-0.1, -0.05) is 6.92 Å². The number of nitrogens with zero attached hydrogens (tertiary/aromatic N) is 1. The van der Waals surface area contributed by atoms with Crippen molar-refractivity contribution in [2.24, 2.45) is 0 Å². The van der Waals surface area contributed by atoms with Crippen LogP contribution in [0.1, 0.15) is 32.3 Å². The van der Waals surface area contributed by atoms with E-state index in [4.69, 9.17) is 0 Å². The second-order valence-corrected chi connectivity index (χ2v) is 4.81. The zero-order valence-corrected chi connectivity index (χ0v) is 12.1. The average Bonchev–Trinajstić information content (AvgIpc) is 2.40. The van der Waals surface area contributed by atoms with E-state index in [-0.39, 0.29) is 17.6 Å². The second kappa shape index (κ2) is 7.47. The fourth-order valence-electron chi connectivity index (χ4n) is 1.72. The highest BCUT2D eigenvalue weighted by Crippen LogP contribution is 2.20. The van der Waals surface area contributed by atoms with Gasteiger partial charge in [-0.15, -0.1) is 0 Å². The van der Waals surface area contributed by atoms with E-state index in [1.807, 2.05) is 13.8 Å². The predicted octanol–water partition coefficient (Wildman–Crippen LogP) is 2.62. The highest BCUT2D eigenvalue weighted by atomic mass is 16.6. The summed E-state index contributed by atoms with van der Waals surface area (Å²) in [5.74, 6) is 0.00594. The molecule has 1 unspecified atom stereocenters. The van der Waals surface area contributed by atoms with Gasteiger partial charge in [0, 0.05) is 36.8 Å². The molecule has 0 aromatic heterocycles. The van der Waals surface area contributed by atoms with Gasteiger partial charge in [-0.05, 0) is 31.9 Å². The molecule has 1 amide bonds. The number of hydrogen-bond acceptors (Lipinski definition) is 4. The smallest absolute Gasteiger partial charge is 0.269 e. The Labute approximate surface area is 118 Å². The highest BCUT2D eigenvalue weighted by Gasteiger charge is 2.09. The van der Waals surface area contributed by atoms with Gasteiger partial charge in [-0.2, -0.15) is 0 Å². The number of rotatable bonds is 7. The number of nitro groups is 1. The Morgan fingerprint density at radius 3 is 2.70 bits per heavy atom. The van der Waals surface area contributed by atoms with Crippen LogP contribution in [0.2, 0.25) is 0 Å². The van der Waals surface area contributed by atoms with Gasteiger partial charge in [0.2, 0.25) is 5.91 Å². The predicted molar refractivity (Wildman–Crippen MR) is 78.8 cm³/mol. The van der Waals surface area contributed by atoms with E-state index in [0.29, 0.717) is 13.0 Å². The molecule has 0 aliphatic heterocycles. The van der Waals surface area contributed by atoms with Crippen LogP contribution in [0.5, 0.6) is 0 Å². The van der Waals surface area contributed by atoms with Crippen LogP contribution in [-0.2, 0) is 4.79 Å². The van der Waals surface area contributed by atoms with Crippen molar-refractivity contribution in [1.82, 2.24) is 5.32 Å². The minimum atomic E-state index is -0.420. The van der Waals surface area contributed by atoms with Gasteiger partial charge in [0.15, 0.2) is 0 Å². The van der Waals surface area contributed by atoms with Gasteiger partial charge in [0.1, 0.15) is 0 Å². The van der Waals surface area contributed by atoms with E-state index in [1.165, 1.54) is 12.1 Å². The Hall–Kier alpha value is -2.11. The zero-order valence-electron chi connectivity index (χ0n) is 12.1. The van der Waals surface area contributed by atoms with Crippen molar-refractivity contribution in [3.63, 3.8) is 0 Å². The lowest BCUT2D eigenvalue weighted by molar-refractivity contribution is -0.384. The van der Waals surface area contributed by atoms with E-state index in [9.17, 15) is 14.9 Å². The zero-order chi connectivity index (χ0) is 15.1. The van der Waals surface area contributed by atoms with Crippen molar-refractivity contribution in [3.8, 4) is 0 Å². The SMILES string of the molecule is CCC(C)NC(=O)CCNc1ccc([N+](=O)[O-])cc1C. The number of benzene rings is 1. The van der Waals surface area contributed by atoms with Gasteiger partial charge in [0.25, 0.3) is 5.69 Å².